The molecule has 0 radical (unpaired) electrons. The lowest BCUT2D eigenvalue weighted by molar-refractivity contribution is -0.169. The van der Waals surface area contributed by atoms with Crippen LogP contribution in [0.3, 0.4) is 0 Å². The molecule has 9 nitrogen and oxygen atoms in total. The zero-order chi connectivity index (χ0) is 27.6. The van der Waals surface area contributed by atoms with Crippen molar-refractivity contribution in [3.05, 3.63) is 73.9 Å². The number of ether oxygens (including phenoxy) is 4. The van der Waals surface area contributed by atoms with Crippen LogP contribution in [0.1, 0.15) is 27.7 Å². The normalized spacial score (nSPS) is 13.1. The van der Waals surface area contributed by atoms with Gasteiger partial charge in [-0.15, -0.1) is 0 Å². The monoisotopic (exact) mass is 504 g/mol. The lowest BCUT2D eigenvalue weighted by atomic mass is 9.61. The Morgan fingerprint density at radius 1 is 0.667 bits per heavy atom. The van der Waals surface area contributed by atoms with Gasteiger partial charge in [0.1, 0.15) is 43.4 Å². The third kappa shape index (κ3) is 8.81. The second-order valence-corrected chi connectivity index (χ2v) is 7.33. The van der Waals surface area contributed by atoms with Crippen molar-refractivity contribution in [2.45, 2.75) is 33.8 Å². The molecule has 0 aliphatic rings. The first-order chi connectivity index (χ1) is 17.1. The summed E-state index contributed by atoms with van der Waals surface area (Å²) in [5, 5.41) is 10.1. The second kappa shape index (κ2) is 16.8. The topological polar surface area (TPSA) is 125 Å². The minimum atomic E-state index is -1.72. The van der Waals surface area contributed by atoms with Gasteiger partial charge in [0.25, 0.3) is 0 Å². The molecule has 0 aliphatic carbocycles. The number of esters is 4. The SMILES string of the molecule is C=CC(=O)OCCOC(=O)C(/C=C\C)(/C=C\C)C(/C=C\C)(/C=C\C)C(=O)OCC(O)COC(=O)C=C. The van der Waals surface area contributed by atoms with Crippen molar-refractivity contribution in [1.29, 1.82) is 0 Å². The summed E-state index contributed by atoms with van der Waals surface area (Å²) in [5.74, 6) is -3.07. The van der Waals surface area contributed by atoms with E-state index >= 15 is 0 Å². The number of hydrogen-bond donors (Lipinski definition) is 1. The van der Waals surface area contributed by atoms with Crippen LogP contribution in [0.5, 0.6) is 0 Å². The van der Waals surface area contributed by atoms with Crippen LogP contribution < -0.4 is 0 Å². The fourth-order valence-corrected chi connectivity index (χ4v) is 3.36. The molecule has 1 N–H and O–H groups in total. The van der Waals surface area contributed by atoms with E-state index in [0.29, 0.717) is 0 Å². The standard InChI is InChI=1S/C27H36O9/c1-7-13-26(14-8-2,24(31)34-18-17-33-22(29)11-5)27(15-9-3,16-10-4)25(32)36-20-21(28)19-35-23(30)12-6/h7-16,21,28H,5-6,17-20H2,1-4H3/b13-7-,14-8-,15-9-,16-10-. The van der Waals surface area contributed by atoms with Gasteiger partial charge in [-0.05, 0) is 27.7 Å². The van der Waals surface area contributed by atoms with E-state index < -0.39 is 54.0 Å². The van der Waals surface area contributed by atoms with Gasteiger partial charge in [-0.3, -0.25) is 9.59 Å². The van der Waals surface area contributed by atoms with Gasteiger partial charge < -0.3 is 24.1 Å². The number of hydrogen-bond acceptors (Lipinski definition) is 9. The number of aliphatic hydroxyl groups excluding tert-OH is 1. The molecule has 9 heteroatoms. The maximum atomic E-state index is 13.6. The van der Waals surface area contributed by atoms with Gasteiger partial charge in [-0.1, -0.05) is 61.8 Å². The molecule has 1 atom stereocenters. The highest BCUT2D eigenvalue weighted by atomic mass is 16.6. The number of aliphatic hydroxyl groups is 1. The van der Waals surface area contributed by atoms with Crippen LogP contribution in [-0.2, 0) is 38.1 Å². The zero-order valence-electron chi connectivity index (χ0n) is 21.3. The Labute approximate surface area is 212 Å². The molecule has 0 fully saturated rings. The minimum Gasteiger partial charge on any atom is -0.462 e. The van der Waals surface area contributed by atoms with E-state index in [1.54, 1.807) is 52.0 Å². The fraction of sp³-hybridized carbons (Fsp3) is 0.407. The maximum absolute atomic E-state index is 13.6. The van der Waals surface area contributed by atoms with Gasteiger partial charge in [0.15, 0.2) is 0 Å². The van der Waals surface area contributed by atoms with Gasteiger partial charge in [-0.2, -0.15) is 0 Å². The van der Waals surface area contributed by atoms with E-state index in [9.17, 15) is 24.3 Å². The van der Waals surface area contributed by atoms with Crippen LogP contribution in [0, 0.1) is 10.8 Å². The molecular weight excluding hydrogens is 468 g/mol. The molecule has 0 bridgehead atoms. The summed E-state index contributed by atoms with van der Waals surface area (Å²) >= 11 is 0. The van der Waals surface area contributed by atoms with Gasteiger partial charge in [-0.25, -0.2) is 9.59 Å². The summed E-state index contributed by atoms with van der Waals surface area (Å²) in [6.45, 7) is 11.9. The average molecular weight is 505 g/mol. The number of carbonyl (C=O) groups excluding carboxylic acids is 4. The van der Waals surface area contributed by atoms with Gasteiger partial charge >= 0.3 is 23.9 Å². The van der Waals surface area contributed by atoms with Crippen LogP contribution in [0.15, 0.2) is 73.9 Å². The van der Waals surface area contributed by atoms with E-state index in [2.05, 4.69) is 13.2 Å². The van der Waals surface area contributed by atoms with Crippen molar-refractivity contribution >= 4 is 23.9 Å². The Morgan fingerprint density at radius 2 is 1.03 bits per heavy atom. The predicted molar refractivity (Wildman–Crippen MR) is 134 cm³/mol. The highest BCUT2D eigenvalue weighted by Gasteiger charge is 2.57. The average Bonchev–Trinajstić information content (AvgIpc) is 2.87. The molecule has 0 amide bonds. The molecule has 36 heavy (non-hydrogen) atoms. The van der Waals surface area contributed by atoms with E-state index in [0.717, 1.165) is 12.2 Å². The first-order valence-electron chi connectivity index (χ1n) is 11.3. The summed E-state index contributed by atoms with van der Waals surface area (Å²) in [7, 11) is 0. The lowest BCUT2D eigenvalue weighted by Gasteiger charge is -2.40. The van der Waals surface area contributed by atoms with Crippen molar-refractivity contribution in [2.75, 3.05) is 26.4 Å². The Hall–Kier alpha value is -3.72. The largest absolute Gasteiger partial charge is 0.462 e. The zero-order valence-corrected chi connectivity index (χ0v) is 21.3. The van der Waals surface area contributed by atoms with E-state index in [1.165, 1.54) is 24.3 Å². The fourth-order valence-electron chi connectivity index (χ4n) is 3.36. The molecular formula is C27H36O9. The molecule has 0 aliphatic heterocycles. The molecule has 0 aromatic carbocycles. The predicted octanol–water partition coefficient (Wildman–Crippen LogP) is 3.17. The first kappa shape index (κ1) is 32.3. The number of carbonyl (C=O) groups is 4. The molecule has 0 aromatic heterocycles. The van der Waals surface area contributed by atoms with Crippen molar-refractivity contribution in [3.63, 3.8) is 0 Å². The number of rotatable bonds is 16. The van der Waals surface area contributed by atoms with Crippen molar-refractivity contribution in [2.24, 2.45) is 10.8 Å². The van der Waals surface area contributed by atoms with Crippen LogP contribution in [-0.4, -0.2) is 61.5 Å². The summed E-state index contributed by atoms with van der Waals surface area (Å²) in [4.78, 5) is 49.6. The summed E-state index contributed by atoms with van der Waals surface area (Å²) < 4.78 is 20.4. The van der Waals surface area contributed by atoms with E-state index in [4.69, 9.17) is 18.9 Å². The van der Waals surface area contributed by atoms with Crippen LogP contribution in [0.2, 0.25) is 0 Å². The summed E-state index contributed by atoms with van der Waals surface area (Å²) in [6, 6.07) is 0. The van der Waals surface area contributed by atoms with Crippen LogP contribution in [0.25, 0.3) is 0 Å². The maximum Gasteiger partial charge on any atom is 0.330 e. The minimum absolute atomic E-state index is 0.210. The third-order valence-corrected chi connectivity index (χ3v) is 4.80. The highest BCUT2D eigenvalue weighted by Crippen LogP contribution is 2.47. The molecule has 0 aromatic rings. The highest BCUT2D eigenvalue weighted by molar-refractivity contribution is 5.95. The first-order valence-corrected chi connectivity index (χ1v) is 11.3. The Bertz CT molecular complexity index is 869. The Morgan fingerprint density at radius 3 is 1.44 bits per heavy atom. The van der Waals surface area contributed by atoms with Gasteiger partial charge in [0, 0.05) is 12.2 Å². The quantitative estimate of drug-likeness (QED) is 0.111. The summed E-state index contributed by atoms with van der Waals surface area (Å²) in [5.41, 5.74) is -3.42. The molecule has 0 saturated heterocycles. The van der Waals surface area contributed by atoms with E-state index in [1.807, 2.05) is 0 Å². The molecule has 0 rings (SSSR count). The van der Waals surface area contributed by atoms with Crippen molar-refractivity contribution in [1.82, 2.24) is 0 Å². The smallest absolute Gasteiger partial charge is 0.330 e. The van der Waals surface area contributed by atoms with Crippen LogP contribution >= 0.6 is 0 Å². The van der Waals surface area contributed by atoms with Crippen molar-refractivity contribution in [3.8, 4) is 0 Å². The molecule has 198 valence electrons. The van der Waals surface area contributed by atoms with Gasteiger partial charge in [0.05, 0.1) is 0 Å². The van der Waals surface area contributed by atoms with E-state index in [-0.39, 0.29) is 13.2 Å². The molecule has 0 heterocycles. The number of allylic oxidation sites excluding steroid dienone is 4. The summed E-state index contributed by atoms with van der Waals surface area (Å²) in [6.07, 6.45) is 13.0. The molecule has 1 unspecified atom stereocenters. The molecule has 0 saturated carbocycles. The second-order valence-electron chi connectivity index (χ2n) is 7.33. The third-order valence-electron chi connectivity index (χ3n) is 4.80. The molecule has 0 spiro atoms. The van der Waals surface area contributed by atoms with Gasteiger partial charge in [0.2, 0.25) is 0 Å². The van der Waals surface area contributed by atoms with Crippen molar-refractivity contribution < 1.29 is 43.2 Å². The van der Waals surface area contributed by atoms with Crippen LogP contribution in [0.4, 0.5) is 0 Å². The Balaban J connectivity index is 6.28. The lowest BCUT2D eigenvalue weighted by Crippen LogP contribution is -2.50. The Kier molecular flexibility index (Phi) is 15.1.